The van der Waals surface area contributed by atoms with Crippen molar-refractivity contribution in [2.45, 2.75) is 19.8 Å². The van der Waals surface area contributed by atoms with Crippen LogP contribution < -0.4 is 5.32 Å². The number of halogens is 1. The van der Waals surface area contributed by atoms with Gasteiger partial charge in [0.15, 0.2) is 11.6 Å². The van der Waals surface area contributed by atoms with Gasteiger partial charge >= 0.3 is 0 Å². The molecule has 0 unspecified atom stereocenters. The maximum absolute atomic E-state index is 13.1. The van der Waals surface area contributed by atoms with Gasteiger partial charge in [-0.3, -0.25) is 9.59 Å². The van der Waals surface area contributed by atoms with Gasteiger partial charge in [0.2, 0.25) is 0 Å². The number of ketones is 2. The number of nitrogens with one attached hydrogen (secondary N) is 1. The summed E-state index contributed by atoms with van der Waals surface area (Å²) in [6, 6.07) is 14.9. The average Bonchev–Trinajstić information content (AvgIpc) is 2.87. The van der Waals surface area contributed by atoms with Crippen LogP contribution in [0.25, 0.3) is 5.70 Å². The quantitative estimate of drug-likeness (QED) is 0.868. The van der Waals surface area contributed by atoms with E-state index in [-0.39, 0.29) is 17.5 Å². The van der Waals surface area contributed by atoms with Gasteiger partial charge in [0.1, 0.15) is 0 Å². The van der Waals surface area contributed by atoms with E-state index < -0.39 is 0 Å². The van der Waals surface area contributed by atoms with E-state index in [0.717, 1.165) is 22.5 Å². The summed E-state index contributed by atoms with van der Waals surface area (Å²) in [5, 5.41) is 3.92. The Morgan fingerprint density at radius 1 is 1.04 bits per heavy atom. The summed E-state index contributed by atoms with van der Waals surface area (Å²) < 4.78 is 0. The molecule has 1 N–H and O–H groups in total. The van der Waals surface area contributed by atoms with E-state index in [1.165, 1.54) is 0 Å². The van der Waals surface area contributed by atoms with Crippen molar-refractivity contribution in [1.29, 1.82) is 0 Å². The van der Waals surface area contributed by atoms with Crippen LogP contribution in [-0.4, -0.2) is 11.6 Å². The lowest BCUT2D eigenvalue weighted by molar-refractivity contribution is -0.113. The zero-order valence-corrected chi connectivity index (χ0v) is 14.6. The van der Waals surface area contributed by atoms with Crippen molar-refractivity contribution >= 4 is 28.9 Å². The van der Waals surface area contributed by atoms with Crippen molar-refractivity contribution in [2.75, 3.05) is 0 Å². The lowest BCUT2D eigenvalue weighted by atomic mass is 9.78. The molecule has 0 radical (unpaired) electrons. The molecule has 4 heteroatoms. The molecule has 25 heavy (non-hydrogen) atoms. The Labute approximate surface area is 151 Å². The lowest BCUT2D eigenvalue weighted by Gasteiger charge is -2.29. The van der Waals surface area contributed by atoms with Gasteiger partial charge in [-0.15, -0.1) is 0 Å². The van der Waals surface area contributed by atoms with E-state index in [0.29, 0.717) is 21.7 Å². The van der Waals surface area contributed by atoms with E-state index in [9.17, 15) is 9.59 Å². The van der Waals surface area contributed by atoms with Gasteiger partial charge in [0.25, 0.3) is 0 Å². The molecule has 0 spiro atoms. The molecule has 1 aliphatic heterocycles. The molecular formula is C21H16ClNO2. The van der Waals surface area contributed by atoms with Crippen molar-refractivity contribution in [1.82, 2.24) is 5.32 Å². The van der Waals surface area contributed by atoms with E-state index in [1.807, 2.05) is 43.3 Å². The van der Waals surface area contributed by atoms with Crippen LogP contribution in [0.15, 0.2) is 65.4 Å². The van der Waals surface area contributed by atoms with Crippen molar-refractivity contribution < 1.29 is 9.59 Å². The Kier molecular flexibility index (Phi) is 3.62. The maximum atomic E-state index is 13.1. The third-order valence-electron chi connectivity index (χ3n) is 4.83. The number of hydrogen-bond donors (Lipinski definition) is 1. The van der Waals surface area contributed by atoms with Crippen LogP contribution in [-0.2, 0) is 4.79 Å². The second-order valence-corrected chi connectivity index (χ2v) is 6.80. The minimum atomic E-state index is -0.383. The lowest BCUT2D eigenvalue weighted by Crippen LogP contribution is -2.27. The Balaban J connectivity index is 1.96. The molecule has 0 amide bonds. The van der Waals surface area contributed by atoms with Crippen LogP contribution in [0.5, 0.6) is 0 Å². The van der Waals surface area contributed by atoms with E-state index in [4.69, 9.17) is 11.6 Å². The summed E-state index contributed by atoms with van der Waals surface area (Å²) in [4.78, 5) is 25.5. The zero-order chi connectivity index (χ0) is 17.7. The van der Waals surface area contributed by atoms with Crippen LogP contribution in [0, 0.1) is 0 Å². The van der Waals surface area contributed by atoms with Crippen LogP contribution in [0.1, 0.15) is 41.3 Å². The highest BCUT2D eigenvalue weighted by molar-refractivity contribution is 6.30. The smallest absolute Gasteiger partial charge is 0.192 e. The highest BCUT2D eigenvalue weighted by Gasteiger charge is 2.41. The molecule has 1 heterocycles. The molecule has 2 aromatic rings. The molecule has 1 atom stereocenters. The second-order valence-electron chi connectivity index (χ2n) is 6.37. The molecule has 4 rings (SSSR count). The van der Waals surface area contributed by atoms with Gasteiger partial charge in [-0.2, -0.15) is 0 Å². The molecule has 124 valence electrons. The number of Topliss-reactive ketones (excluding diaryl/α,β-unsaturated/α-hetero) is 2. The second kappa shape index (κ2) is 5.71. The summed E-state index contributed by atoms with van der Waals surface area (Å²) in [7, 11) is 0. The summed E-state index contributed by atoms with van der Waals surface area (Å²) in [5.41, 5.74) is 5.32. The average molecular weight is 350 g/mol. The summed E-state index contributed by atoms with van der Waals surface area (Å²) >= 11 is 6.02. The van der Waals surface area contributed by atoms with Gasteiger partial charge in [-0.05, 0) is 31.5 Å². The molecule has 0 aromatic heterocycles. The number of hydrogen-bond acceptors (Lipinski definition) is 3. The monoisotopic (exact) mass is 349 g/mol. The standard InChI is InChI=1S/C21H16ClNO2/c1-11-17(12(2)24)18(13-7-9-14(22)10-8-13)19-20(23-11)15-5-3-4-6-16(15)21(19)25/h3-10,18,23H,1-2H3/t18-/m0/s1. The first kappa shape index (κ1) is 15.9. The molecule has 0 bridgehead atoms. The first-order valence-electron chi connectivity index (χ1n) is 8.11. The molecule has 0 fully saturated rings. The van der Waals surface area contributed by atoms with Crippen molar-refractivity contribution in [3.63, 3.8) is 0 Å². The first-order chi connectivity index (χ1) is 12.0. The SMILES string of the molecule is CC(=O)C1=C(C)NC2=C(C(=O)c3ccccc32)[C@H]1c1ccc(Cl)cc1. The Bertz CT molecular complexity index is 983. The first-order valence-corrected chi connectivity index (χ1v) is 8.49. The van der Waals surface area contributed by atoms with E-state index >= 15 is 0 Å². The fourth-order valence-electron chi connectivity index (χ4n) is 3.78. The van der Waals surface area contributed by atoms with Crippen LogP contribution in [0.2, 0.25) is 5.02 Å². The van der Waals surface area contributed by atoms with Crippen LogP contribution in [0.3, 0.4) is 0 Å². The van der Waals surface area contributed by atoms with Crippen LogP contribution in [0.4, 0.5) is 0 Å². The number of carbonyl (C=O) groups is 2. The predicted octanol–water partition coefficient (Wildman–Crippen LogP) is 4.50. The molecule has 2 aliphatic rings. The summed E-state index contributed by atoms with van der Waals surface area (Å²) in [6.45, 7) is 3.43. The van der Waals surface area contributed by atoms with Crippen molar-refractivity contribution in [3.05, 3.63) is 87.1 Å². The van der Waals surface area contributed by atoms with E-state index in [1.54, 1.807) is 19.1 Å². The third-order valence-corrected chi connectivity index (χ3v) is 5.08. The minimum Gasteiger partial charge on any atom is -0.358 e. The number of carbonyl (C=O) groups excluding carboxylic acids is 2. The predicted molar refractivity (Wildman–Crippen MR) is 98.4 cm³/mol. The highest BCUT2D eigenvalue weighted by Crippen LogP contribution is 2.46. The molecule has 3 nitrogen and oxygen atoms in total. The number of benzene rings is 2. The topological polar surface area (TPSA) is 46.2 Å². The van der Waals surface area contributed by atoms with Gasteiger partial charge in [-0.1, -0.05) is 48.0 Å². The maximum Gasteiger partial charge on any atom is 0.192 e. The van der Waals surface area contributed by atoms with Gasteiger partial charge in [-0.25, -0.2) is 0 Å². The Morgan fingerprint density at radius 2 is 1.68 bits per heavy atom. The van der Waals surface area contributed by atoms with Gasteiger partial charge in [0.05, 0.1) is 5.70 Å². The minimum absolute atomic E-state index is 0.0238. The molecule has 1 aliphatic carbocycles. The fourth-order valence-corrected chi connectivity index (χ4v) is 3.91. The highest BCUT2D eigenvalue weighted by atomic mass is 35.5. The van der Waals surface area contributed by atoms with Crippen LogP contribution >= 0.6 is 11.6 Å². The number of rotatable bonds is 2. The van der Waals surface area contributed by atoms with Crippen molar-refractivity contribution in [3.8, 4) is 0 Å². The number of dihydropyridines is 1. The number of fused-ring (bicyclic) bond motifs is 2. The van der Waals surface area contributed by atoms with Gasteiger partial charge in [0, 0.05) is 38.9 Å². The fraction of sp³-hybridized carbons (Fsp3) is 0.143. The summed E-state index contributed by atoms with van der Waals surface area (Å²) in [6.07, 6.45) is 0. The summed E-state index contributed by atoms with van der Waals surface area (Å²) in [5.74, 6) is -0.449. The molecular weight excluding hydrogens is 334 g/mol. The third kappa shape index (κ3) is 2.35. The molecule has 2 aromatic carbocycles. The zero-order valence-electron chi connectivity index (χ0n) is 13.9. The Morgan fingerprint density at radius 3 is 2.32 bits per heavy atom. The normalized spacial score (nSPS) is 18.8. The molecule has 0 saturated carbocycles. The molecule has 0 saturated heterocycles. The largest absolute Gasteiger partial charge is 0.358 e. The Hall–Kier alpha value is -2.65. The number of allylic oxidation sites excluding steroid dienone is 3. The van der Waals surface area contributed by atoms with Gasteiger partial charge < -0.3 is 5.32 Å². The van der Waals surface area contributed by atoms with Crippen molar-refractivity contribution in [2.24, 2.45) is 0 Å². The van der Waals surface area contributed by atoms with E-state index in [2.05, 4.69) is 5.32 Å².